The molecule has 3 aromatic carbocycles. The van der Waals surface area contributed by atoms with Crippen LogP contribution >= 0.6 is 15.9 Å². The van der Waals surface area contributed by atoms with Gasteiger partial charge in [0.05, 0.1) is 11.6 Å². The van der Waals surface area contributed by atoms with Gasteiger partial charge >= 0.3 is 6.03 Å². The molecule has 4 amide bonds. The number of hydrogen-bond acceptors (Lipinski definition) is 5. The minimum absolute atomic E-state index is 0.0548. The summed E-state index contributed by atoms with van der Waals surface area (Å²) in [5, 5.41) is 5.33. The summed E-state index contributed by atoms with van der Waals surface area (Å²) in [4.78, 5) is 38.9. The van der Waals surface area contributed by atoms with Crippen LogP contribution in [0.1, 0.15) is 29.2 Å². The highest BCUT2D eigenvalue weighted by atomic mass is 79.9. The van der Waals surface area contributed by atoms with Crippen molar-refractivity contribution in [3.05, 3.63) is 93.1 Å². The van der Waals surface area contributed by atoms with E-state index in [1.54, 1.807) is 18.2 Å². The van der Waals surface area contributed by atoms with Crippen molar-refractivity contribution in [2.24, 2.45) is 0 Å². The van der Waals surface area contributed by atoms with E-state index in [2.05, 4.69) is 26.6 Å². The van der Waals surface area contributed by atoms with Gasteiger partial charge in [0.25, 0.3) is 5.91 Å². The molecule has 1 saturated heterocycles. The lowest BCUT2D eigenvalue weighted by Crippen LogP contribution is -2.38. The van der Waals surface area contributed by atoms with Gasteiger partial charge in [-0.25, -0.2) is 9.69 Å². The molecule has 1 heterocycles. The van der Waals surface area contributed by atoms with Crippen LogP contribution in [0.15, 0.2) is 70.8 Å². The summed E-state index contributed by atoms with van der Waals surface area (Å²) in [6.45, 7) is 3.95. The molecule has 9 heteroatoms. The van der Waals surface area contributed by atoms with Crippen LogP contribution in [0.4, 0.5) is 10.5 Å². The monoisotopic (exact) mass is 577 g/mol. The fraction of sp³-hybridized carbons (Fsp3) is 0.207. The van der Waals surface area contributed by atoms with Gasteiger partial charge in [0.1, 0.15) is 18.8 Å². The topological polar surface area (TPSA) is 97.0 Å². The number of nitrogens with zero attached hydrogens (tertiary/aromatic N) is 1. The molecule has 8 nitrogen and oxygen atoms in total. The third-order valence-electron chi connectivity index (χ3n) is 5.96. The molecule has 0 unspecified atom stereocenters. The fourth-order valence-electron chi connectivity index (χ4n) is 4.09. The highest BCUT2D eigenvalue weighted by molar-refractivity contribution is 9.10. The molecular formula is C29H28BrN3O5. The van der Waals surface area contributed by atoms with Crippen LogP contribution in [0.5, 0.6) is 11.5 Å². The Morgan fingerprint density at radius 1 is 1.11 bits per heavy atom. The maximum absolute atomic E-state index is 13.0. The van der Waals surface area contributed by atoms with E-state index in [-0.39, 0.29) is 5.70 Å². The fourth-order valence-corrected chi connectivity index (χ4v) is 4.66. The van der Waals surface area contributed by atoms with Crippen molar-refractivity contribution in [1.82, 2.24) is 10.2 Å². The standard InChI is InChI=1S/C29H28BrN3O5/c1-4-21-10-5-6-11-23(21)31-26(34)16-33-28(35)24(32-29(33)36)14-20-13-22(30)27(25(15-20)37-3)38-17-19-9-7-8-18(2)12-19/h5-15H,4,16-17H2,1-3H3,(H,31,34)(H,32,36)/b24-14+. The van der Waals surface area contributed by atoms with E-state index in [9.17, 15) is 14.4 Å². The summed E-state index contributed by atoms with van der Waals surface area (Å²) >= 11 is 3.52. The maximum Gasteiger partial charge on any atom is 0.329 e. The van der Waals surface area contributed by atoms with Gasteiger partial charge in [0.15, 0.2) is 11.5 Å². The number of hydrogen-bond donors (Lipinski definition) is 2. The summed E-state index contributed by atoms with van der Waals surface area (Å²) in [5.74, 6) is -0.0796. The van der Waals surface area contributed by atoms with E-state index in [1.807, 2.05) is 56.3 Å². The van der Waals surface area contributed by atoms with Gasteiger partial charge in [-0.05, 0) is 70.2 Å². The number of aryl methyl sites for hydroxylation is 2. The maximum atomic E-state index is 13.0. The Balaban J connectivity index is 1.47. The molecule has 38 heavy (non-hydrogen) atoms. The van der Waals surface area contributed by atoms with Crippen molar-refractivity contribution in [2.75, 3.05) is 19.0 Å². The zero-order valence-electron chi connectivity index (χ0n) is 21.3. The van der Waals surface area contributed by atoms with Crippen LogP contribution < -0.4 is 20.1 Å². The van der Waals surface area contributed by atoms with E-state index < -0.39 is 24.4 Å². The molecule has 0 spiro atoms. The summed E-state index contributed by atoms with van der Waals surface area (Å²) < 4.78 is 12.2. The van der Waals surface area contributed by atoms with Crippen molar-refractivity contribution < 1.29 is 23.9 Å². The third kappa shape index (κ3) is 6.23. The molecular weight excluding hydrogens is 550 g/mol. The lowest BCUT2D eigenvalue weighted by molar-refractivity contribution is -0.127. The van der Waals surface area contributed by atoms with Crippen LogP contribution in [-0.4, -0.2) is 36.4 Å². The molecule has 196 valence electrons. The molecule has 3 aromatic rings. The second-order valence-electron chi connectivity index (χ2n) is 8.75. The minimum Gasteiger partial charge on any atom is -0.493 e. The molecule has 2 N–H and O–H groups in total. The minimum atomic E-state index is -0.663. The van der Waals surface area contributed by atoms with E-state index in [0.29, 0.717) is 33.8 Å². The average molecular weight is 578 g/mol. The number of anilines is 1. The average Bonchev–Trinajstić information content (AvgIpc) is 3.15. The summed E-state index contributed by atoms with van der Waals surface area (Å²) in [5.41, 5.74) is 4.43. The molecule has 4 rings (SSSR count). The van der Waals surface area contributed by atoms with Gasteiger partial charge in [0.2, 0.25) is 5.91 Å². The lowest BCUT2D eigenvalue weighted by atomic mass is 10.1. The molecule has 0 bridgehead atoms. The summed E-state index contributed by atoms with van der Waals surface area (Å²) in [6, 6.07) is 18.2. The Morgan fingerprint density at radius 3 is 2.63 bits per heavy atom. The van der Waals surface area contributed by atoms with Crippen molar-refractivity contribution in [3.63, 3.8) is 0 Å². The van der Waals surface area contributed by atoms with Crippen LogP contribution in [-0.2, 0) is 22.6 Å². The largest absolute Gasteiger partial charge is 0.493 e. The van der Waals surface area contributed by atoms with Crippen molar-refractivity contribution in [2.45, 2.75) is 26.9 Å². The van der Waals surface area contributed by atoms with E-state index in [4.69, 9.17) is 9.47 Å². The van der Waals surface area contributed by atoms with Gasteiger partial charge < -0.3 is 20.1 Å². The second kappa shape index (κ2) is 12.0. The van der Waals surface area contributed by atoms with Gasteiger partial charge in [-0.2, -0.15) is 0 Å². The molecule has 1 fully saturated rings. The SMILES string of the molecule is CCc1ccccc1NC(=O)CN1C(=O)N/C(=C/c2cc(Br)c(OCc3cccc(C)c3)c(OC)c2)C1=O. The van der Waals surface area contributed by atoms with Crippen LogP contribution in [0.2, 0.25) is 0 Å². The van der Waals surface area contributed by atoms with Gasteiger partial charge in [-0.1, -0.05) is 55.0 Å². The van der Waals surface area contributed by atoms with Gasteiger partial charge in [0, 0.05) is 5.69 Å². The Hall–Kier alpha value is -4.11. The molecule has 0 saturated carbocycles. The first-order valence-corrected chi connectivity index (χ1v) is 12.9. The van der Waals surface area contributed by atoms with Crippen LogP contribution in [0, 0.1) is 6.92 Å². The number of para-hydroxylation sites is 1. The molecule has 1 aliphatic heterocycles. The van der Waals surface area contributed by atoms with Gasteiger partial charge in [-0.3, -0.25) is 9.59 Å². The van der Waals surface area contributed by atoms with Crippen LogP contribution in [0.25, 0.3) is 6.08 Å². The number of halogens is 1. The van der Waals surface area contributed by atoms with Crippen molar-refractivity contribution in [1.29, 1.82) is 0 Å². The number of methoxy groups -OCH3 is 1. The first kappa shape index (κ1) is 26.9. The Kier molecular flexibility index (Phi) is 8.48. The summed E-state index contributed by atoms with van der Waals surface area (Å²) in [6.07, 6.45) is 2.27. The first-order chi connectivity index (χ1) is 18.3. The van der Waals surface area contributed by atoms with E-state index >= 15 is 0 Å². The van der Waals surface area contributed by atoms with Crippen molar-refractivity contribution in [3.8, 4) is 11.5 Å². The Morgan fingerprint density at radius 2 is 1.89 bits per heavy atom. The first-order valence-electron chi connectivity index (χ1n) is 12.1. The Bertz CT molecular complexity index is 1420. The van der Waals surface area contributed by atoms with E-state index in [0.717, 1.165) is 28.0 Å². The number of urea groups is 1. The zero-order chi connectivity index (χ0) is 27.2. The normalized spacial score (nSPS) is 14.0. The quantitative estimate of drug-likeness (QED) is 0.261. The molecule has 0 radical (unpaired) electrons. The molecule has 1 aliphatic rings. The highest BCUT2D eigenvalue weighted by Crippen LogP contribution is 2.38. The molecule has 0 aromatic heterocycles. The number of nitrogens with one attached hydrogen (secondary N) is 2. The van der Waals surface area contributed by atoms with Crippen molar-refractivity contribution >= 4 is 45.5 Å². The van der Waals surface area contributed by atoms with Gasteiger partial charge in [-0.15, -0.1) is 0 Å². The third-order valence-corrected chi connectivity index (χ3v) is 6.55. The Labute approximate surface area is 229 Å². The second-order valence-corrected chi connectivity index (χ2v) is 9.60. The predicted molar refractivity (Wildman–Crippen MR) is 149 cm³/mol. The highest BCUT2D eigenvalue weighted by Gasteiger charge is 2.35. The number of ether oxygens (including phenoxy) is 2. The number of rotatable bonds is 9. The number of carbonyl (C=O) groups is 3. The lowest BCUT2D eigenvalue weighted by Gasteiger charge is -2.14. The molecule has 0 atom stereocenters. The van der Waals surface area contributed by atoms with Crippen LogP contribution in [0.3, 0.4) is 0 Å². The number of amides is 4. The number of carbonyl (C=O) groups excluding carboxylic acids is 3. The smallest absolute Gasteiger partial charge is 0.329 e. The predicted octanol–water partition coefficient (Wildman–Crippen LogP) is 5.44. The number of imide groups is 1. The summed E-state index contributed by atoms with van der Waals surface area (Å²) in [7, 11) is 1.53. The zero-order valence-corrected chi connectivity index (χ0v) is 22.9. The number of benzene rings is 3. The molecule has 0 aliphatic carbocycles. The van der Waals surface area contributed by atoms with E-state index in [1.165, 1.54) is 13.2 Å².